The Morgan fingerprint density at radius 2 is 1.95 bits per heavy atom. The zero-order chi connectivity index (χ0) is 14.5. The zero-order valence-electron chi connectivity index (χ0n) is 10.9. The van der Waals surface area contributed by atoms with Gasteiger partial charge in [-0.05, 0) is 30.7 Å². The van der Waals surface area contributed by atoms with Gasteiger partial charge >= 0.3 is 0 Å². The predicted octanol–water partition coefficient (Wildman–Crippen LogP) is 0.489. The van der Waals surface area contributed by atoms with Crippen molar-refractivity contribution in [2.24, 2.45) is 5.14 Å². The highest BCUT2D eigenvalue weighted by atomic mass is 32.2. The molecule has 19 heavy (non-hydrogen) atoms. The van der Waals surface area contributed by atoms with Gasteiger partial charge in [0.25, 0.3) is 5.91 Å². The fourth-order valence-corrected chi connectivity index (χ4v) is 2.04. The first kappa shape index (κ1) is 15.6. The number of rotatable bonds is 6. The van der Waals surface area contributed by atoms with Crippen LogP contribution in [-0.2, 0) is 14.8 Å². The van der Waals surface area contributed by atoms with Crippen molar-refractivity contribution in [3.63, 3.8) is 0 Å². The number of sulfonamides is 1. The minimum atomic E-state index is -3.73. The van der Waals surface area contributed by atoms with Gasteiger partial charge < -0.3 is 10.1 Å². The summed E-state index contributed by atoms with van der Waals surface area (Å²) in [5.74, 6) is -0.273. The van der Waals surface area contributed by atoms with E-state index in [9.17, 15) is 13.2 Å². The molecule has 0 aliphatic carbocycles. The molecule has 1 aromatic carbocycles. The van der Waals surface area contributed by atoms with E-state index in [2.05, 4.69) is 5.32 Å². The Balaban J connectivity index is 2.78. The fraction of sp³-hybridized carbons (Fsp3) is 0.417. The maximum atomic E-state index is 11.9. The van der Waals surface area contributed by atoms with Crippen LogP contribution in [0.1, 0.15) is 23.7 Å². The van der Waals surface area contributed by atoms with Gasteiger partial charge in [-0.25, -0.2) is 13.6 Å². The summed E-state index contributed by atoms with van der Waals surface area (Å²) in [6.45, 7) is 2.37. The summed E-state index contributed by atoms with van der Waals surface area (Å²) in [7, 11) is -2.17. The molecule has 1 atom stereocenters. The van der Waals surface area contributed by atoms with Gasteiger partial charge in [0.05, 0.1) is 17.5 Å². The number of methoxy groups -OCH3 is 1. The summed E-state index contributed by atoms with van der Waals surface area (Å²) in [6.07, 6.45) is 0.745. The van der Waals surface area contributed by atoms with Crippen LogP contribution in [-0.4, -0.2) is 34.1 Å². The average molecular weight is 286 g/mol. The first-order valence-electron chi connectivity index (χ1n) is 5.81. The van der Waals surface area contributed by atoms with Crippen LogP contribution >= 0.6 is 0 Å². The SMILES string of the molecule is CCC(COC)NC(=O)c1ccc(S(N)(=O)=O)cc1. The summed E-state index contributed by atoms with van der Waals surface area (Å²) in [5.41, 5.74) is 0.377. The van der Waals surface area contributed by atoms with Crippen molar-refractivity contribution in [3.8, 4) is 0 Å². The molecular weight excluding hydrogens is 268 g/mol. The number of ether oxygens (including phenoxy) is 1. The van der Waals surface area contributed by atoms with Crippen molar-refractivity contribution >= 4 is 15.9 Å². The molecule has 0 fully saturated rings. The van der Waals surface area contributed by atoms with Gasteiger partial charge in [0.15, 0.2) is 0 Å². The number of amides is 1. The molecule has 0 spiro atoms. The lowest BCUT2D eigenvalue weighted by molar-refractivity contribution is 0.0894. The molecule has 0 heterocycles. The van der Waals surface area contributed by atoms with Gasteiger partial charge in [0.2, 0.25) is 10.0 Å². The predicted molar refractivity (Wildman–Crippen MR) is 71.2 cm³/mol. The van der Waals surface area contributed by atoms with E-state index in [-0.39, 0.29) is 16.8 Å². The summed E-state index contributed by atoms with van der Waals surface area (Å²) in [6, 6.07) is 5.39. The van der Waals surface area contributed by atoms with Crippen LogP contribution in [0.25, 0.3) is 0 Å². The standard InChI is InChI=1S/C12H18N2O4S/c1-3-10(8-18-2)14-12(15)9-4-6-11(7-5-9)19(13,16)17/h4-7,10H,3,8H2,1-2H3,(H,14,15)(H2,13,16,17). The Bertz CT molecular complexity index is 525. The van der Waals surface area contributed by atoms with E-state index in [1.807, 2.05) is 6.92 Å². The third-order valence-corrected chi connectivity index (χ3v) is 3.57. The first-order valence-corrected chi connectivity index (χ1v) is 7.35. The molecule has 1 rings (SSSR count). The van der Waals surface area contributed by atoms with Gasteiger partial charge in [-0.1, -0.05) is 6.92 Å². The quantitative estimate of drug-likeness (QED) is 0.795. The molecule has 1 unspecified atom stereocenters. The molecule has 7 heteroatoms. The molecule has 0 saturated carbocycles. The second-order valence-electron chi connectivity index (χ2n) is 4.10. The van der Waals surface area contributed by atoms with Gasteiger partial charge in [0, 0.05) is 12.7 Å². The molecule has 106 valence electrons. The number of hydrogen-bond acceptors (Lipinski definition) is 4. The van der Waals surface area contributed by atoms with Crippen molar-refractivity contribution in [1.82, 2.24) is 5.32 Å². The van der Waals surface area contributed by atoms with Crippen molar-refractivity contribution in [2.75, 3.05) is 13.7 Å². The third kappa shape index (κ3) is 4.62. The van der Waals surface area contributed by atoms with Crippen LogP contribution in [0.5, 0.6) is 0 Å². The highest BCUT2D eigenvalue weighted by Crippen LogP contribution is 2.09. The van der Waals surface area contributed by atoms with Gasteiger partial charge in [0.1, 0.15) is 0 Å². The maximum absolute atomic E-state index is 11.9. The van der Waals surface area contributed by atoms with Crippen LogP contribution < -0.4 is 10.5 Å². The Morgan fingerprint density at radius 1 is 1.37 bits per heavy atom. The molecule has 3 N–H and O–H groups in total. The number of nitrogens with one attached hydrogen (secondary N) is 1. The van der Waals surface area contributed by atoms with Crippen LogP contribution in [0.2, 0.25) is 0 Å². The number of primary sulfonamides is 1. The zero-order valence-corrected chi connectivity index (χ0v) is 11.7. The Morgan fingerprint density at radius 3 is 2.37 bits per heavy atom. The normalized spacial score (nSPS) is 13.0. The number of benzene rings is 1. The lowest BCUT2D eigenvalue weighted by Gasteiger charge is -2.15. The number of nitrogens with two attached hydrogens (primary N) is 1. The monoisotopic (exact) mass is 286 g/mol. The average Bonchev–Trinajstić information content (AvgIpc) is 2.37. The van der Waals surface area contributed by atoms with Gasteiger partial charge in [-0.3, -0.25) is 4.79 Å². The lowest BCUT2D eigenvalue weighted by atomic mass is 10.2. The second kappa shape index (κ2) is 6.65. The minimum absolute atomic E-state index is 0.0204. The molecule has 0 radical (unpaired) electrons. The van der Waals surface area contributed by atoms with Gasteiger partial charge in [-0.15, -0.1) is 0 Å². The van der Waals surface area contributed by atoms with E-state index in [0.29, 0.717) is 12.2 Å². The molecule has 0 aliphatic rings. The molecular formula is C12H18N2O4S. The fourth-order valence-electron chi connectivity index (χ4n) is 1.53. The second-order valence-corrected chi connectivity index (χ2v) is 5.66. The van der Waals surface area contributed by atoms with Gasteiger partial charge in [-0.2, -0.15) is 0 Å². The van der Waals surface area contributed by atoms with E-state index < -0.39 is 10.0 Å². The first-order chi connectivity index (χ1) is 8.88. The van der Waals surface area contributed by atoms with E-state index in [1.165, 1.54) is 24.3 Å². The van der Waals surface area contributed by atoms with Crippen LogP contribution in [0.3, 0.4) is 0 Å². The minimum Gasteiger partial charge on any atom is -0.383 e. The third-order valence-electron chi connectivity index (χ3n) is 2.64. The van der Waals surface area contributed by atoms with E-state index in [0.717, 1.165) is 6.42 Å². The van der Waals surface area contributed by atoms with Crippen molar-refractivity contribution in [3.05, 3.63) is 29.8 Å². The Hall–Kier alpha value is -1.44. The van der Waals surface area contributed by atoms with E-state index in [1.54, 1.807) is 7.11 Å². The highest BCUT2D eigenvalue weighted by molar-refractivity contribution is 7.89. The van der Waals surface area contributed by atoms with E-state index in [4.69, 9.17) is 9.88 Å². The molecule has 0 saturated heterocycles. The van der Waals surface area contributed by atoms with Crippen LogP contribution in [0.4, 0.5) is 0 Å². The smallest absolute Gasteiger partial charge is 0.251 e. The summed E-state index contributed by atoms with van der Waals surface area (Å²) in [5, 5.41) is 7.78. The van der Waals surface area contributed by atoms with E-state index >= 15 is 0 Å². The van der Waals surface area contributed by atoms with Crippen LogP contribution in [0.15, 0.2) is 29.2 Å². The molecule has 0 aliphatic heterocycles. The molecule has 1 aromatic rings. The Kier molecular flexibility index (Phi) is 5.46. The summed E-state index contributed by atoms with van der Waals surface area (Å²) < 4.78 is 27.2. The number of carbonyl (C=O) groups excluding carboxylic acids is 1. The number of carbonyl (C=O) groups is 1. The highest BCUT2D eigenvalue weighted by Gasteiger charge is 2.13. The van der Waals surface area contributed by atoms with Crippen LogP contribution in [0, 0.1) is 0 Å². The van der Waals surface area contributed by atoms with Crippen molar-refractivity contribution < 1.29 is 17.9 Å². The molecule has 0 aromatic heterocycles. The van der Waals surface area contributed by atoms with Crippen molar-refractivity contribution in [2.45, 2.75) is 24.3 Å². The molecule has 0 bridgehead atoms. The molecule has 1 amide bonds. The summed E-state index contributed by atoms with van der Waals surface area (Å²) >= 11 is 0. The largest absolute Gasteiger partial charge is 0.383 e. The lowest BCUT2D eigenvalue weighted by Crippen LogP contribution is -2.37. The maximum Gasteiger partial charge on any atom is 0.251 e. The molecule has 6 nitrogen and oxygen atoms in total. The summed E-state index contributed by atoms with van der Waals surface area (Å²) in [4.78, 5) is 11.9. The topological polar surface area (TPSA) is 98.5 Å². The van der Waals surface area contributed by atoms with Crippen molar-refractivity contribution in [1.29, 1.82) is 0 Å². The Labute approximate surface area is 113 Å². The number of hydrogen-bond donors (Lipinski definition) is 2.